The van der Waals surface area contributed by atoms with Gasteiger partial charge >= 0.3 is 0 Å². The molecule has 0 aromatic heterocycles. The molecule has 18 heavy (non-hydrogen) atoms. The monoisotopic (exact) mass is 262 g/mol. The second kappa shape index (κ2) is 5.61. The van der Waals surface area contributed by atoms with Gasteiger partial charge < -0.3 is 28.8 Å². The summed E-state index contributed by atoms with van der Waals surface area (Å²) in [4.78, 5) is 20.9. The average molecular weight is 262 g/mol. The van der Waals surface area contributed by atoms with Gasteiger partial charge in [-0.05, 0) is 6.92 Å². The van der Waals surface area contributed by atoms with Crippen molar-refractivity contribution in [2.45, 2.75) is 43.9 Å². The molecular weight excluding hydrogens is 248 g/mol. The van der Waals surface area contributed by atoms with Crippen molar-refractivity contribution >= 4 is 12.9 Å². The molecule has 6 atom stereocenters. The molecule has 8 heteroatoms. The van der Waals surface area contributed by atoms with E-state index in [-0.39, 0.29) is 19.6 Å². The maximum atomic E-state index is 10.5. The molecule has 0 bridgehead atoms. The molecule has 0 spiro atoms. The van der Waals surface area contributed by atoms with Gasteiger partial charge in [0.15, 0.2) is 24.8 Å². The summed E-state index contributed by atoms with van der Waals surface area (Å²) in [6.45, 7) is 2.23. The lowest BCUT2D eigenvalue weighted by molar-refractivity contribution is -0.348. The van der Waals surface area contributed by atoms with Crippen molar-refractivity contribution in [3.63, 3.8) is 0 Å². The van der Waals surface area contributed by atoms with Crippen LogP contribution in [0.2, 0.25) is 0 Å². The highest BCUT2D eigenvalue weighted by molar-refractivity contribution is 5.40. The zero-order chi connectivity index (χ0) is 13.1. The van der Waals surface area contributed by atoms with Crippen LogP contribution in [0.1, 0.15) is 6.92 Å². The van der Waals surface area contributed by atoms with Crippen molar-refractivity contribution in [3.05, 3.63) is 0 Å². The molecule has 0 amide bonds. The summed E-state index contributed by atoms with van der Waals surface area (Å²) in [7, 11) is 0. The van der Waals surface area contributed by atoms with E-state index >= 15 is 0 Å². The van der Waals surface area contributed by atoms with E-state index in [1.165, 1.54) is 0 Å². The minimum absolute atomic E-state index is 0.154. The van der Waals surface area contributed by atoms with Gasteiger partial charge in [-0.2, -0.15) is 0 Å². The maximum Gasteiger partial charge on any atom is 0.293 e. The molecule has 2 heterocycles. The predicted molar refractivity (Wildman–Crippen MR) is 53.0 cm³/mol. The second-order valence-corrected chi connectivity index (χ2v) is 3.96. The smallest absolute Gasteiger partial charge is 0.293 e. The number of hydrogen-bond donors (Lipinski definition) is 1. The Hall–Kier alpha value is -1.22. The highest BCUT2D eigenvalue weighted by Gasteiger charge is 2.51. The first kappa shape index (κ1) is 13.2. The van der Waals surface area contributed by atoms with Crippen molar-refractivity contribution in [3.8, 4) is 0 Å². The first-order valence-electron chi connectivity index (χ1n) is 5.46. The SMILES string of the molecule is CC1OC[C@H]2O[C@H](O)[C@H](OC=O)[C@@H](OC=O)[C@@H]2O1. The van der Waals surface area contributed by atoms with Gasteiger partial charge in [0.1, 0.15) is 12.2 Å². The molecule has 2 rings (SSSR count). The Labute approximate surface area is 103 Å². The van der Waals surface area contributed by atoms with E-state index in [1.807, 2.05) is 0 Å². The molecule has 1 unspecified atom stereocenters. The third kappa shape index (κ3) is 2.46. The number of ether oxygens (including phenoxy) is 5. The van der Waals surface area contributed by atoms with Crippen molar-refractivity contribution in [1.82, 2.24) is 0 Å². The summed E-state index contributed by atoms with van der Waals surface area (Å²) in [6, 6.07) is 0. The molecule has 8 nitrogen and oxygen atoms in total. The largest absolute Gasteiger partial charge is 0.457 e. The number of carbonyl (C=O) groups excluding carboxylic acids is 2. The Morgan fingerprint density at radius 2 is 1.83 bits per heavy atom. The molecule has 0 aromatic rings. The lowest BCUT2D eigenvalue weighted by atomic mass is 9.98. The van der Waals surface area contributed by atoms with Gasteiger partial charge in [0.05, 0.1) is 6.61 Å². The molecule has 0 radical (unpaired) electrons. The fourth-order valence-corrected chi connectivity index (χ4v) is 2.11. The van der Waals surface area contributed by atoms with Gasteiger partial charge in [0, 0.05) is 0 Å². The van der Waals surface area contributed by atoms with Crippen LogP contribution < -0.4 is 0 Å². The van der Waals surface area contributed by atoms with Crippen molar-refractivity contribution < 1.29 is 38.4 Å². The van der Waals surface area contributed by atoms with Crippen LogP contribution >= 0.6 is 0 Å². The van der Waals surface area contributed by atoms with Gasteiger partial charge in [0.25, 0.3) is 12.9 Å². The molecule has 2 saturated heterocycles. The Morgan fingerprint density at radius 1 is 1.17 bits per heavy atom. The molecule has 2 aliphatic rings. The molecular formula is C10H14O8. The second-order valence-electron chi connectivity index (χ2n) is 3.96. The highest BCUT2D eigenvalue weighted by Crippen LogP contribution is 2.30. The summed E-state index contributed by atoms with van der Waals surface area (Å²) in [5.74, 6) is 0. The van der Waals surface area contributed by atoms with Crippen molar-refractivity contribution in [2.75, 3.05) is 6.61 Å². The zero-order valence-electron chi connectivity index (χ0n) is 9.63. The molecule has 0 aromatic carbocycles. The van der Waals surface area contributed by atoms with Crippen LogP contribution in [0.4, 0.5) is 0 Å². The lowest BCUT2D eigenvalue weighted by Crippen LogP contribution is -2.63. The van der Waals surface area contributed by atoms with Gasteiger partial charge in [-0.25, -0.2) is 0 Å². The lowest BCUT2D eigenvalue weighted by Gasteiger charge is -2.45. The van der Waals surface area contributed by atoms with E-state index in [1.54, 1.807) is 6.92 Å². The van der Waals surface area contributed by atoms with Gasteiger partial charge in [0.2, 0.25) is 0 Å². The third-order valence-electron chi connectivity index (χ3n) is 2.88. The van der Waals surface area contributed by atoms with Crippen LogP contribution in [-0.4, -0.2) is 61.7 Å². The molecule has 2 fully saturated rings. The molecule has 2 aliphatic heterocycles. The molecule has 0 saturated carbocycles. The Morgan fingerprint density at radius 3 is 2.50 bits per heavy atom. The molecule has 1 N–H and O–H groups in total. The minimum atomic E-state index is -1.40. The number of aliphatic hydroxyl groups excluding tert-OH is 1. The van der Waals surface area contributed by atoms with E-state index in [9.17, 15) is 14.7 Å². The van der Waals surface area contributed by atoms with Crippen LogP contribution in [0.5, 0.6) is 0 Å². The Kier molecular flexibility index (Phi) is 4.12. The topological polar surface area (TPSA) is 101 Å². The summed E-state index contributed by atoms with van der Waals surface area (Å²) < 4.78 is 25.4. The van der Waals surface area contributed by atoms with E-state index in [0.717, 1.165) is 0 Å². The number of fused-ring (bicyclic) bond motifs is 1. The molecule has 102 valence electrons. The van der Waals surface area contributed by atoms with E-state index < -0.39 is 37.0 Å². The zero-order valence-corrected chi connectivity index (χ0v) is 9.63. The quantitative estimate of drug-likeness (QED) is 0.614. The summed E-state index contributed by atoms with van der Waals surface area (Å²) in [6.07, 6.45) is -5.21. The Bertz CT molecular complexity index is 308. The van der Waals surface area contributed by atoms with E-state index in [4.69, 9.17) is 18.9 Å². The number of hydrogen-bond acceptors (Lipinski definition) is 8. The van der Waals surface area contributed by atoms with Crippen LogP contribution in [-0.2, 0) is 33.3 Å². The highest BCUT2D eigenvalue weighted by atomic mass is 16.7. The fraction of sp³-hybridized carbons (Fsp3) is 0.800. The van der Waals surface area contributed by atoms with Gasteiger partial charge in [-0.15, -0.1) is 0 Å². The number of carbonyl (C=O) groups is 2. The summed E-state index contributed by atoms with van der Waals surface area (Å²) >= 11 is 0. The summed E-state index contributed by atoms with van der Waals surface area (Å²) in [5.41, 5.74) is 0. The average Bonchev–Trinajstić information content (AvgIpc) is 2.35. The standard InChI is InChI=1S/C10H14O8/c1-5-14-2-6-7(17-5)8(15-3-11)9(16-4-12)10(13)18-6/h3-10,13H,2H2,1H3/t5?,6-,7-,8+,9-,10+/m1/s1. The van der Waals surface area contributed by atoms with E-state index in [0.29, 0.717) is 0 Å². The van der Waals surface area contributed by atoms with Crippen LogP contribution in [0.25, 0.3) is 0 Å². The summed E-state index contributed by atoms with van der Waals surface area (Å²) in [5, 5.41) is 9.69. The van der Waals surface area contributed by atoms with E-state index in [2.05, 4.69) is 4.74 Å². The molecule has 0 aliphatic carbocycles. The van der Waals surface area contributed by atoms with Crippen LogP contribution in [0.3, 0.4) is 0 Å². The normalized spacial score (nSPS) is 43.7. The van der Waals surface area contributed by atoms with Crippen LogP contribution in [0.15, 0.2) is 0 Å². The first-order chi connectivity index (χ1) is 8.67. The third-order valence-corrected chi connectivity index (χ3v) is 2.88. The maximum absolute atomic E-state index is 10.5. The minimum Gasteiger partial charge on any atom is -0.457 e. The van der Waals surface area contributed by atoms with Crippen molar-refractivity contribution in [2.24, 2.45) is 0 Å². The van der Waals surface area contributed by atoms with Gasteiger partial charge in [-0.3, -0.25) is 9.59 Å². The van der Waals surface area contributed by atoms with Crippen LogP contribution in [0, 0.1) is 0 Å². The Balaban J connectivity index is 2.17. The number of rotatable bonds is 4. The first-order valence-corrected chi connectivity index (χ1v) is 5.46. The van der Waals surface area contributed by atoms with Gasteiger partial charge in [-0.1, -0.05) is 0 Å². The van der Waals surface area contributed by atoms with Crippen molar-refractivity contribution in [1.29, 1.82) is 0 Å². The number of aliphatic hydroxyl groups is 1. The predicted octanol–water partition coefficient (Wildman–Crippen LogP) is -1.45. The fourth-order valence-electron chi connectivity index (χ4n) is 2.11.